The second-order valence-electron chi connectivity index (χ2n) is 7.16. The number of aromatic nitrogens is 2. The zero-order chi connectivity index (χ0) is 20.5. The lowest BCUT2D eigenvalue weighted by Crippen LogP contribution is -2.35. The van der Waals surface area contributed by atoms with E-state index in [-0.39, 0.29) is 5.91 Å². The van der Waals surface area contributed by atoms with Crippen molar-refractivity contribution in [1.82, 2.24) is 9.78 Å². The van der Waals surface area contributed by atoms with E-state index in [4.69, 9.17) is 0 Å². The van der Waals surface area contributed by atoms with Gasteiger partial charge in [0, 0.05) is 18.7 Å². The molecule has 0 bridgehead atoms. The van der Waals surface area contributed by atoms with Gasteiger partial charge in [0.1, 0.15) is 5.69 Å². The van der Waals surface area contributed by atoms with E-state index < -0.39 is 6.04 Å². The first-order valence-electron chi connectivity index (χ1n) is 9.60. The molecular weight excluding hydrogens is 362 g/mol. The van der Waals surface area contributed by atoms with Gasteiger partial charge >= 0.3 is 5.91 Å². The highest BCUT2D eigenvalue weighted by Gasteiger charge is 2.44. The molecule has 3 aromatic rings. The number of benzene rings is 2. The van der Waals surface area contributed by atoms with Crippen LogP contribution in [0.3, 0.4) is 0 Å². The van der Waals surface area contributed by atoms with E-state index in [0.717, 1.165) is 34.0 Å². The summed E-state index contributed by atoms with van der Waals surface area (Å²) in [7, 11) is 1.89. The number of hydrogen-bond donors (Lipinski definition) is 0. The van der Waals surface area contributed by atoms with Gasteiger partial charge in [-0.3, -0.25) is 9.79 Å². The van der Waals surface area contributed by atoms with Gasteiger partial charge in [-0.15, -0.1) is 4.68 Å². The Bertz CT molecular complexity index is 1110. The van der Waals surface area contributed by atoms with Crippen LogP contribution in [0.5, 0.6) is 0 Å². The second-order valence-corrected chi connectivity index (χ2v) is 7.16. The zero-order valence-corrected chi connectivity index (χ0v) is 17.1. The first kappa shape index (κ1) is 18.8. The number of carbonyl (C=O) groups excluding carboxylic acids is 1. The molecule has 2 heterocycles. The standard InChI is InChI=1S/C23H24N5O/c1-16-21(17(2)27(25-16)19-11-7-5-8-12-19)15-24-22-18(3)26(4)28(23(22)29)20-13-9-6-10-14-20/h5-15,22H,1-4H3/q+1/t22-/m0/s1. The molecule has 0 radical (unpaired) electrons. The molecule has 1 atom stereocenters. The SMILES string of the molecule is CC1=[N+](C)N(c2ccccc2)C(=O)[C@H]1N=Cc1c(C)nn(-c2ccccc2)c1C. The highest BCUT2D eigenvalue weighted by atomic mass is 16.2. The summed E-state index contributed by atoms with van der Waals surface area (Å²) in [6, 6.07) is 19.1. The molecule has 0 aliphatic carbocycles. The molecule has 1 aliphatic rings. The van der Waals surface area contributed by atoms with Gasteiger partial charge in [-0.25, -0.2) is 4.68 Å². The number of aliphatic imine (C=N–C) groups is 1. The van der Waals surface area contributed by atoms with Crippen molar-refractivity contribution in [2.45, 2.75) is 26.8 Å². The average Bonchev–Trinajstić information content (AvgIpc) is 3.14. The molecule has 0 saturated carbocycles. The number of amides is 1. The average molecular weight is 386 g/mol. The van der Waals surface area contributed by atoms with E-state index in [1.165, 1.54) is 0 Å². The fourth-order valence-corrected chi connectivity index (χ4v) is 3.63. The van der Waals surface area contributed by atoms with Crippen LogP contribution >= 0.6 is 0 Å². The summed E-state index contributed by atoms with van der Waals surface area (Å²) in [6.45, 7) is 5.92. The van der Waals surface area contributed by atoms with Gasteiger partial charge in [0.2, 0.25) is 11.8 Å². The van der Waals surface area contributed by atoms with Gasteiger partial charge in [0.15, 0.2) is 7.05 Å². The number of anilines is 1. The van der Waals surface area contributed by atoms with Crippen LogP contribution in [0.4, 0.5) is 5.69 Å². The third kappa shape index (κ3) is 3.27. The summed E-state index contributed by atoms with van der Waals surface area (Å²) in [5, 5.41) is 6.33. The molecule has 0 N–H and O–H groups in total. The molecule has 6 nitrogen and oxygen atoms in total. The Labute approximate surface area is 170 Å². The maximum Gasteiger partial charge on any atom is 0.318 e. The lowest BCUT2D eigenvalue weighted by atomic mass is 10.1. The van der Waals surface area contributed by atoms with E-state index in [2.05, 4.69) is 10.1 Å². The Kier molecular flexibility index (Phi) is 4.84. The molecule has 0 spiro atoms. The monoisotopic (exact) mass is 386 g/mol. The van der Waals surface area contributed by atoms with Gasteiger partial charge < -0.3 is 0 Å². The second kappa shape index (κ2) is 7.47. The summed E-state index contributed by atoms with van der Waals surface area (Å²) in [5.41, 5.74) is 5.54. The molecule has 1 amide bonds. The van der Waals surface area contributed by atoms with E-state index in [1.807, 2.05) is 97.8 Å². The van der Waals surface area contributed by atoms with Crippen LogP contribution in [0, 0.1) is 13.8 Å². The van der Waals surface area contributed by atoms with Crippen molar-refractivity contribution in [2.24, 2.45) is 4.99 Å². The summed E-state index contributed by atoms with van der Waals surface area (Å²) in [6.07, 6.45) is 1.78. The van der Waals surface area contributed by atoms with Crippen LogP contribution in [0.25, 0.3) is 5.69 Å². The number of hydrogen-bond acceptors (Lipinski definition) is 3. The smallest absolute Gasteiger partial charge is 0.268 e. The van der Waals surface area contributed by atoms with Crippen LogP contribution < -0.4 is 5.01 Å². The van der Waals surface area contributed by atoms with Crippen molar-refractivity contribution in [3.05, 3.63) is 77.6 Å². The maximum absolute atomic E-state index is 13.1. The maximum atomic E-state index is 13.1. The minimum Gasteiger partial charge on any atom is -0.268 e. The van der Waals surface area contributed by atoms with E-state index in [0.29, 0.717) is 0 Å². The Hall–Kier alpha value is -3.54. The van der Waals surface area contributed by atoms with Crippen molar-refractivity contribution < 1.29 is 9.48 Å². The van der Waals surface area contributed by atoms with E-state index in [9.17, 15) is 4.79 Å². The van der Waals surface area contributed by atoms with Crippen LogP contribution in [-0.4, -0.2) is 45.4 Å². The van der Waals surface area contributed by atoms with Crippen LogP contribution in [0.15, 0.2) is 65.7 Å². The Morgan fingerprint density at radius 3 is 2.17 bits per heavy atom. The van der Waals surface area contributed by atoms with Gasteiger partial charge in [0.05, 0.1) is 17.1 Å². The van der Waals surface area contributed by atoms with Crippen molar-refractivity contribution in [3.8, 4) is 5.69 Å². The van der Waals surface area contributed by atoms with E-state index >= 15 is 0 Å². The van der Waals surface area contributed by atoms with Crippen molar-refractivity contribution >= 4 is 23.5 Å². The molecule has 0 fully saturated rings. The Morgan fingerprint density at radius 1 is 0.966 bits per heavy atom. The molecule has 4 rings (SSSR count). The van der Waals surface area contributed by atoms with Crippen molar-refractivity contribution in [3.63, 3.8) is 0 Å². The van der Waals surface area contributed by atoms with E-state index in [1.54, 1.807) is 11.2 Å². The first-order valence-corrected chi connectivity index (χ1v) is 9.60. The number of aryl methyl sites for hydroxylation is 1. The molecule has 29 heavy (non-hydrogen) atoms. The summed E-state index contributed by atoms with van der Waals surface area (Å²) in [5.74, 6) is -0.0572. The van der Waals surface area contributed by atoms with Crippen molar-refractivity contribution in [2.75, 3.05) is 12.1 Å². The molecule has 0 unspecified atom stereocenters. The molecule has 146 valence electrons. The third-order valence-electron chi connectivity index (χ3n) is 5.35. The van der Waals surface area contributed by atoms with Gasteiger partial charge in [-0.1, -0.05) is 41.4 Å². The first-order chi connectivity index (χ1) is 14.0. The molecule has 1 aromatic heterocycles. The predicted molar refractivity (Wildman–Crippen MR) is 115 cm³/mol. The number of hydrazine groups is 1. The number of hydrazone groups is 1. The minimum absolute atomic E-state index is 0.0572. The third-order valence-corrected chi connectivity index (χ3v) is 5.35. The van der Waals surface area contributed by atoms with Gasteiger partial charge in [-0.2, -0.15) is 5.10 Å². The molecule has 0 saturated heterocycles. The molecule has 6 heteroatoms. The molecular formula is C23H24N5O+. The lowest BCUT2D eigenvalue weighted by molar-refractivity contribution is -0.495. The topological polar surface area (TPSA) is 53.5 Å². The highest BCUT2D eigenvalue weighted by Crippen LogP contribution is 2.22. The normalized spacial score (nSPS) is 17.0. The molecule has 2 aromatic carbocycles. The number of carbonyl (C=O) groups is 1. The summed E-state index contributed by atoms with van der Waals surface area (Å²) in [4.78, 5) is 17.7. The van der Waals surface area contributed by atoms with Gasteiger partial charge in [0.25, 0.3) is 0 Å². The van der Waals surface area contributed by atoms with Crippen LogP contribution in [0.1, 0.15) is 23.9 Å². The highest BCUT2D eigenvalue weighted by molar-refractivity contribution is 6.15. The largest absolute Gasteiger partial charge is 0.318 e. The Morgan fingerprint density at radius 2 is 1.55 bits per heavy atom. The fourth-order valence-electron chi connectivity index (χ4n) is 3.63. The minimum atomic E-state index is -0.543. The Balaban J connectivity index is 1.65. The number of para-hydroxylation sites is 2. The molecule has 1 aliphatic heterocycles. The zero-order valence-electron chi connectivity index (χ0n) is 17.1. The summed E-state index contributed by atoms with van der Waals surface area (Å²) >= 11 is 0. The quantitative estimate of drug-likeness (QED) is 0.510. The van der Waals surface area contributed by atoms with Crippen LogP contribution in [-0.2, 0) is 4.79 Å². The number of nitrogens with zero attached hydrogens (tertiary/aromatic N) is 5. The van der Waals surface area contributed by atoms with Crippen molar-refractivity contribution in [1.29, 1.82) is 0 Å². The van der Waals surface area contributed by atoms with Crippen LogP contribution in [0.2, 0.25) is 0 Å². The fraction of sp³-hybridized carbons (Fsp3) is 0.217. The predicted octanol–water partition coefficient (Wildman–Crippen LogP) is 3.34. The van der Waals surface area contributed by atoms with Gasteiger partial charge in [-0.05, 0) is 38.1 Å². The lowest BCUT2D eigenvalue weighted by Gasteiger charge is -2.10. The summed E-state index contributed by atoms with van der Waals surface area (Å²) < 4.78 is 3.78. The number of rotatable bonds is 4.